The Morgan fingerprint density at radius 2 is 2.24 bits per heavy atom. The summed E-state index contributed by atoms with van der Waals surface area (Å²) in [5.41, 5.74) is 0. The second-order valence-electron chi connectivity index (χ2n) is 3.93. The van der Waals surface area contributed by atoms with Crippen LogP contribution >= 0.6 is 0 Å². The monoisotopic (exact) mass is 244 g/mol. The van der Waals surface area contributed by atoms with Crippen molar-refractivity contribution in [3.63, 3.8) is 0 Å². The number of hydrogen-bond donors (Lipinski definition) is 3. The van der Waals surface area contributed by atoms with Gasteiger partial charge in [-0.25, -0.2) is 4.79 Å². The number of carboxylic acid groups (broad SMARTS) is 1. The van der Waals surface area contributed by atoms with Gasteiger partial charge in [-0.05, 0) is 6.92 Å². The van der Waals surface area contributed by atoms with Crippen LogP contribution in [0.25, 0.3) is 0 Å². The first kappa shape index (κ1) is 13.4. The molecule has 7 heteroatoms. The SMILES string of the molecule is CCN1CC(C(=O)NC[C@H](O)C(=O)O)CC1=O. The minimum atomic E-state index is -1.61. The summed E-state index contributed by atoms with van der Waals surface area (Å²) >= 11 is 0. The van der Waals surface area contributed by atoms with Crippen LogP contribution in [0.5, 0.6) is 0 Å². The lowest BCUT2D eigenvalue weighted by Crippen LogP contribution is -2.40. The van der Waals surface area contributed by atoms with Crippen molar-refractivity contribution < 1.29 is 24.6 Å². The van der Waals surface area contributed by atoms with Crippen LogP contribution in [0.1, 0.15) is 13.3 Å². The molecule has 17 heavy (non-hydrogen) atoms. The third-order valence-corrected chi connectivity index (χ3v) is 2.72. The number of carbonyl (C=O) groups is 3. The zero-order valence-corrected chi connectivity index (χ0v) is 9.55. The molecule has 1 fully saturated rings. The number of carboxylic acids is 1. The van der Waals surface area contributed by atoms with Gasteiger partial charge in [-0.2, -0.15) is 0 Å². The van der Waals surface area contributed by atoms with Gasteiger partial charge in [-0.1, -0.05) is 0 Å². The van der Waals surface area contributed by atoms with Crippen LogP contribution in [0.4, 0.5) is 0 Å². The third-order valence-electron chi connectivity index (χ3n) is 2.72. The van der Waals surface area contributed by atoms with Crippen molar-refractivity contribution in [1.29, 1.82) is 0 Å². The smallest absolute Gasteiger partial charge is 0.334 e. The average molecular weight is 244 g/mol. The maximum atomic E-state index is 11.6. The van der Waals surface area contributed by atoms with Crippen molar-refractivity contribution in [2.45, 2.75) is 19.4 Å². The number of rotatable bonds is 5. The summed E-state index contributed by atoms with van der Waals surface area (Å²) in [5, 5.41) is 19.7. The summed E-state index contributed by atoms with van der Waals surface area (Å²) in [4.78, 5) is 34.8. The molecule has 0 spiro atoms. The van der Waals surface area contributed by atoms with Gasteiger partial charge in [0.05, 0.1) is 12.5 Å². The maximum Gasteiger partial charge on any atom is 0.334 e. The molecule has 0 aromatic carbocycles. The Bertz CT molecular complexity index is 331. The Hall–Kier alpha value is -1.63. The highest BCUT2D eigenvalue weighted by Gasteiger charge is 2.33. The molecule has 7 nitrogen and oxygen atoms in total. The Morgan fingerprint density at radius 3 is 2.71 bits per heavy atom. The van der Waals surface area contributed by atoms with E-state index in [9.17, 15) is 14.4 Å². The Kier molecular flexibility index (Phi) is 4.45. The van der Waals surface area contributed by atoms with Crippen LogP contribution in [0.15, 0.2) is 0 Å². The quantitative estimate of drug-likeness (QED) is 0.541. The standard InChI is InChI=1S/C10H16N2O5/c1-2-12-5-6(3-8(12)14)9(15)11-4-7(13)10(16)17/h6-7,13H,2-5H2,1H3,(H,11,15)(H,16,17)/t6?,7-/m0/s1. The van der Waals surface area contributed by atoms with Gasteiger partial charge < -0.3 is 20.4 Å². The van der Waals surface area contributed by atoms with Crippen molar-refractivity contribution in [3.8, 4) is 0 Å². The number of amides is 2. The Morgan fingerprint density at radius 1 is 1.59 bits per heavy atom. The lowest BCUT2D eigenvalue weighted by atomic mass is 10.1. The Labute approximate surface area is 98.4 Å². The fraction of sp³-hybridized carbons (Fsp3) is 0.700. The maximum absolute atomic E-state index is 11.6. The molecular formula is C10H16N2O5. The van der Waals surface area contributed by atoms with Gasteiger partial charge in [0, 0.05) is 19.5 Å². The summed E-state index contributed by atoms with van der Waals surface area (Å²) in [6.45, 7) is 2.39. The van der Waals surface area contributed by atoms with E-state index in [1.807, 2.05) is 6.92 Å². The molecule has 1 unspecified atom stereocenters. The summed E-state index contributed by atoms with van der Waals surface area (Å²) in [5.74, 6) is -2.31. The van der Waals surface area contributed by atoms with E-state index in [0.717, 1.165) is 0 Å². The van der Waals surface area contributed by atoms with E-state index in [1.165, 1.54) is 0 Å². The van der Waals surface area contributed by atoms with Crippen molar-refractivity contribution in [2.75, 3.05) is 19.6 Å². The molecule has 1 rings (SSSR count). The highest BCUT2D eigenvalue weighted by atomic mass is 16.4. The zero-order chi connectivity index (χ0) is 13.0. The number of nitrogens with zero attached hydrogens (tertiary/aromatic N) is 1. The molecule has 3 N–H and O–H groups in total. The van der Waals surface area contributed by atoms with Crippen LogP contribution in [0, 0.1) is 5.92 Å². The first-order valence-electron chi connectivity index (χ1n) is 5.42. The normalized spacial score (nSPS) is 21.4. The fourth-order valence-electron chi connectivity index (χ4n) is 1.68. The van der Waals surface area contributed by atoms with Gasteiger partial charge >= 0.3 is 5.97 Å². The van der Waals surface area contributed by atoms with E-state index in [4.69, 9.17) is 10.2 Å². The van der Waals surface area contributed by atoms with Gasteiger partial charge in [0.25, 0.3) is 0 Å². The lowest BCUT2D eigenvalue weighted by Gasteiger charge is -2.14. The summed E-state index contributed by atoms with van der Waals surface area (Å²) in [7, 11) is 0. The van der Waals surface area contributed by atoms with Gasteiger partial charge in [0.2, 0.25) is 11.8 Å². The van der Waals surface area contributed by atoms with E-state index in [-0.39, 0.29) is 18.9 Å². The number of carbonyl (C=O) groups excluding carboxylic acids is 2. The van der Waals surface area contributed by atoms with E-state index >= 15 is 0 Å². The topological polar surface area (TPSA) is 107 Å². The van der Waals surface area contributed by atoms with Gasteiger partial charge in [-0.3, -0.25) is 9.59 Å². The zero-order valence-electron chi connectivity index (χ0n) is 9.55. The molecule has 1 heterocycles. The van der Waals surface area contributed by atoms with Crippen LogP contribution in [-0.4, -0.2) is 58.6 Å². The van der Waals surface area contributed by atoms with Gasteiger partial charge in [-0.15, -0.1) is 0 Å². The van der Waals surface area contributed by atoms with E-state index < -0.39 is 23.9 Å². The molecule has 0 bridgehead atoms. The molecule has 1 aliphatic heterocycles. The molecule has 2 amide bonds. The van der Waals surface area contributed by atoms with Gasteiger partial charge in [0.1, 0.15) is 0 Å². The highest BCUT2D eigenvalue weighted by Crippen LogP contribution is 2.17. The number of aliphatic carboxylic acids is 1. The summed E-state index contributed by atoms with van der Waals surface area (Å²) < 4.78 is 0. The van der Waals surface area contributed by atoms with Crippen molar-refractivity contribution in [1.82, 2.24) is 10.2 Å². The average Bonchev–Trinajstić information content (AvgIpc) is 2.66. The highest BCUT2D eigenvalue weighted by molar-refractivity contribution is 5.89. The summed E-state index contributed by atoms with van der Waals surface area (Å²) in [6, 6.07) is 0. The van der Waals surface area contributed by atoms with E-state index in [0.29, 0.717) is 13.1 Å². The van der Waals surface area contributed by atoms with Crippen LogP contribution in [0.2, 0.25) is 0 Å². The fourth-order valence-corrected chi connectivity index (χ4v) is 1.68. The first-order chi connectivity index (χ1) is 7.95. The van der Waals surface area contributed by atoms with E-state index in [1.54, 1.807) is 4.90 Å². The molecule has 0 aliphatic carbocycles. The molecule has 1 saturated heterocycles. The second-order valence-corrected chi connectivity index (χ2v) is 3.93. The molecular weight excluding hydrogens is 228 g/mol. The number of nitrogens with one attached hydrogen (secondary N) is 1. The minimum Gasteiger partial charge on any atom is -0.479 e. The van der Waals surface area contributed by atoms with Crippen molar-refractivity contribution in [3.05, 3.63) is 0 Å². The molecule has 2 atom stereocenters. The van der Waals surface area contributed by atoms with Crippen LogP contribution in [-0.2, 0) is 14.4 Å². The molecule has 0 radical (unpaired) electrons. The Balaban J connectivity index is 2.39. The van der Waals surface area contributed by atoms with Crippen LogP contribution in [0.3, 0.4) is 0 Å². The van der Waals surface area contributed by atoms with Crippen LogP contribution < -0.4 is 5.32 Å². The predicted octanol–water partition coefficient (Wildman–Crippen LogP) is -1.58. The molecule has 0 aromatic heterocycles. The minimum absolute atomic E-state index is 0.0774. The largest absolute Gasteiger partial charge is 0.479 e. The predicted molar refractivity (Wildman–Crippen MR) is 57.0 cm³/mol. The van der Waals surface area contributed by atoms with Gasteiger partial charge in [0.15, 0.2) is 6.10 Å². The number of aliphatic hydroxyl groups excluding tert-OH is 1. The number of hydrogen-bond acceptors (Lipinski definition) is 4. The van der Waals surface area contributed by atoms with E-state index in [2.05, 4.69) is 5.32 Å². The number of likely N-dealkylation sites (tertiary alicyclic amines) is 1. The molecule has 0 aromatic rings. The lowest BCUT2D eigenvalue weighted by molar-refractivity contribution is -0.146. The number of aliphatic hydroxyl groups is 1. The summed E-state index contributed by atoms with van der Waals surface area (Å²) in [6.07, 6.45) is -1.47. The molecule has 1 aliphatic rings. The molecule has 96 valence electrons. The van der Waals surface area contributed by atoms with Crippen molar-refractivity contribution in [2.24, 2.45) is 5.92 Å². The molecule has 0 saturated carbocycles. The van der Waals surface area contributed by atoms with Crippen molar-refractivity contribution >= 4 is 17.8 Å². The third kappa shape index (κ3) is 3.42. The second kappa shape index (κ2) is 5.62. The first-order valence-corrected chi connectivity index (χ1v) is 5.42.